The van der Waals surface area contributed by atoms with Gasteiger partial charge in [-0.05, 0) is 31.4 Å². The third-order valence-corrected chi connectivity index (χ3v) is 4.64. The molecule has 1 aliphatic heterocycles. The highest BCUT2D eigenvalue weighted by Gasteiger charge is 2.37. The summed E-state index contributed by atoms with van der Waals surface area (Å²) in [5, 5.41) is 4.00. The van der Waals surface area contributed by atoms with Crippen LogP contribution in [-0.2, 0) is 4.75 Å². The maximum absolute atomic E-state index is 6.00. The summed E-state index contributed by atoms with van der Waals surface area (Å²) in [6, 6.07) is -0.132. The second kappa shape index (κ2) is 4.37. The zero-order chi connectivity index (χ0) is 11.8. The number of aromatic nitrogens is 2. The van der Waals surface area contributed by atoms with Gasteiger partial charge in [0.2, 0.25) is 5.89 Å². The van der Waals surface area contributed by atoms with E-state index in [1.54, 1.807) is 0 Å². The first-order chi connectivity index (χ1) is 7.53. The summed E-state index contributed by atoms with van der Waals surface area (Å²) in [6.07, 6.45) is 2.32. The Balaban J connectivity index is 2.19. The molecular weight excluding hydrogens is 222 g/mol. The first-order valence-corrected chi connectivity index (χ1v) is 6.75. The largest absolute Gasteiger partial charge is 0.338 e. The van der Waals surface area contributed by atoms with Crippen LogP contribution in [0.4, 0.5) is 0 Å². The zero-order valence-electron chi connectivity index (χ0n) is 10.1. The third kappa shape index (κ3) is 2.11. The predicted molar refractivity (Wildman–Crippen MR) is 65.1 cm³/mol. The molecule has 0 saturated carbocycles. The van der Waals surface area contributed by atoms with Crippen molar-refractivity contribution in [2.45, 2.75) is 44.4 Å². The molecule has 2 heterocycles. The van der Waals surface area contributed by atoms with Crippen molar-refractivity contribution < 1.29 is 4.52 Å². The molecule has 0 spiro atoms. The van der Waals surface area contributed by atoms with Gasteiger partial charge in [0.05, 0.1) is 10.8 Å². The van der Waals surface area contributed by atoms with Crippen LogP contribution in [0.3, 0.4) is 0 Å². The third-order valence-electron chi connectivity index (χ3n) is 3.13. The molecule has 0 aromatic carbocycles. The Morgan fingerprint density at radius 1 is 1.50 bits per heavy atom. The minimum Gasteiger partial charge on any atom is -0.338 e. The minimum atomic E-state index is -0.132. The molecule has 1 fully saturated rings. The molecule has 2 atom stereocenters. The molecule has 1 aliphatic rings. The van der Waals surface area contributed by atoms with Crippen molar-refractivity contribution in [2.75, 3.05) is 5.75 Å². The fourth-order valence-corrected chi connectivity index (χ4v) is 3.07. The number of thioether (sulfide) groups is 1. The van der Waals surface area contributed by atoms with Gasteiger partial charge in [0.15, 0.2) is 5.82 Å². The Labute approximate surface area is 100 Å². The van der Waals surface area contributed by atoms with Crippen molar-refractivity contribution in [3.8, 4) is 0 Å². The molecule has 0 amide bonds. The van der Waals surface area contributed by atoms with Gasteiger partial charge in [-0.3, -0.25) is 0 Å². The lowest BCUT2D eigenvalue weighted by atomic mass is 10.0. The second-order valence-corrected chi connectivity index (χ2v) is 6.51. The van der Waals surface area contributed by atoms with Gasteiger partial charge in [0.25, 0.3) is 0 Å². The standard InChI is InChI=1S/C11H19N3OS/c1-7(2)8(12)9-13-10(15-14-9)11(3)5-4-6-16-11/h7-8H,4-6,12H2,1-3H3. The van der Waals surface area contributed by atoms with Crippen LogP contribution >= 0.6 is 11.8 Å². The molecule has 16 heavy (non-hydrogen) atoms. The molecule has 1 saturated heterocycles. The summed E-state index contributed by atoms with van der Waals surface area (Å²) >= 11 is 1.89. The lowest BCUT2D eigenvalue weighted by Crippen LogP contribution is -2.19. The highest BCUT2D eigenvalue weighted by Crippen LogP contribution is 2.45. The van der Waals surface area contributed by atoms with Crippen LogP contribution in [0.15, 0.2) is 4.52 Å². The molecule has 4 nitrogen and oxygen atoms in total. The summed E-state index contributed by atoms with van der Waals surface area (Å²) in [6.45, 7) is 6.29. The fourth-order valence-electron chi connectivity index (χ4n) is 1.83. The Hall–Kier alpha value is -0.550. The van der Waals surface area contributed by atoms with E-state index in [1.807, 2.05) is 11.8 Å². The first kappa shape index (κ1) is 11.9. The van der Waals surface area contributed by atoms with Crippen LogP contribution in [0.25, 0.3) is 0 Å². The summed E-state index contributed by atoms with van der Waals surface area (Å²) in [7, 11) is 0. The number of hydrogen-bond acceptors (Lipinski definition) is 5. The average Bonchev–Trinajstić information content (AvgIpc) is 2.85. The van der Waals surface area contributed by atoms with Gasteiger partial charge in [-0.15, -0.1) is 11.8 Å². The Kier molecular flexibility index (Phi) is 3.26. The molecule has 2 N–H and O–H groups in total. The first-order valence-electron chi connectivity index (χ1n) is 5.76. The number of hydrogen-bond donors (Lipinski definition) is 1. The summed E-state index contributed by atoms with van der Waals surface area (Å²) in [4.78, 5) is 4.46. The van der Waals surface area contributed by atoms with E-state index in [9.17, 15) is 0 Å². The second-order valence-electron chi connectivity index (χ2n) is 4.91. The van der Waals surface area contributed by atoms with Crippen molar-refractivity contribution in [3.05, 3.63) is 11.7 Å². The van der Waals surface area contributed by atoms with Gasteiger partial charge >= 0.3 is 0 Å². The molecular formula is C11H19N3OS. The lowest BCUT2D eigenvalue weighted by Gasteiger charge is -2.16. The van der Waals surface area contributed by atoms with E-state index in [1.165, 1.54) is 12.2 Å². The van der Waals surface area contributed by atoms with E-state index in [2.05, 4.69) is 30.9 Å². The zero-order valence-corrected chi connectivity index (χ0v) is 10.9. The number of nitrogens with two attached hydrogens (primary N) is 1. The van der Waals surface area contributed by atoms with Gasteiger partial charge in [0, 0.05) is 0 Å². The normalized spacial score (nSPS) is 27.6. The van der Waals surface area contributed by atoms with Crippen molar-refractivity contribution >= 4 is 11.8 Å². The SMILES string of the molecule is CC(C)C(N)c1noc(C2(C)CCCS2)n1. The van der Waals surface area contributed by atoms with Crippen LogP contribution in [0.2, 0.25) is 0 Å². The minimum absolute atomic E-state index is 0.00193. The Morgan fingerprint density at radius 2 is 2.25 bits per heavy atom. The van der Waals surface area contributed by atoms with Crippen LogP contribution in [-0.4, -0.2) is 15.9 Å². The molecule has 0 radical (unpaired) electrons. The molecule has 0 bridgehead atoms. The topological polar surface area (TPSA) is 64.9 Å². The highest BCUT2D eigenvalue weighted by molar-refractivity contribution is 8.00. The molecule has 1 aromatic rings. The molecule has 1 aromatic heterocycles. The van der Waals surface area contributed by atoms with Crippen LogP contribution in [0, 0.1) is 5.92 Å². The Bertz CT molecular complexity index is 358. The maximum Gasteiger partial charge on any atom is 0.242 e. The molecule has 90 valence electrons. The van der Waals surface area contributed by atoms with Gasteiger partial charge in [-0.2, -0.15) is 4.98 Å². The van der Waals surface area contributed by atoms with Crippen LogP contribution < -0.4 is 5.73 Å². The molecule has 2 rings (SSSR count). The monoisotopic (exact) mass is 241 g/mol. The van der Waals surface area contributed by atoms with Crippen molar-refractivity contribution in [3.63, 3.8) is 0 Å². The van der Waals surface area contributed by atoms with Crippen molar-refractivity contribution in [1.82, 2.24) is 10.1 Å². The van der Waals surface area contributed by atoms with Crippen LogP contribution in [0.5, 0.6) is 0 Å². The van der Waals surface area contributed by atoms with Crippen LogP contribution in [0.1, 0.15) is 51.4 Å². The number of rotatable bonds is 3. The van der Waals surface area contributed by atoms with Gasteiger partial charge < -0.3 is 10.3 Å². The van der Waals surface area contributed by atoms with E-state index in [0.717, 1.165) is 12.3 Å². The summed E-state index contributed by atoms with van der Waals surface area (Å²) < 4.78 is 5.36. The molecule has 2 unspecified atom stereocenters. The predicted octanol–water partition coefficient (Wildman–Crippen LogP) is 2.47. The molecule has 0 aliphatic carbocycles. The van der Waals surface area contributed by atoms with E-state index < -0.39 is 0 Å². The van der Waals surface area contributed by atoms with E-state index >= 15 is 0 Å². The van der Waals surface area contributed by atoms with E-state index in [0.29, 0.717) is 11.7 Å². The fraction of sp³-hybridized carbons (Fsp3) is 0.818. The summed E-state index contributed by atoms with van der Waals surface area (Å²) in [5.41, 5.74) is 6.00. The summed E-state index contributed by atoms with van der Waals surface area (Å²) in [5.74, 6) is 2.87. The van der Waals surface area contributed by atoms with Crippen molar-refractivity contribution in [1.29, 1.82) is 0 Å². The molecule has 5 heteroatoms. The van der Waals surface area contributed by atoms with Gasteiger partial charge in [-0.25, -0.2) is 0 Å². The Morgan fingerprint density at radius 3 is 2.81 bits per heavy atom. The quantitative estimate of drug-likeness (QED) is 0.880. The average molecular weight is 241 g/mol. The van der Waals surface area contributed by atoms with Gasteiger partial charge in [0.1, 0.15) is 0 Å². The maximum atomic E-state index is 6.00. The smallest absolute Gasteiger partial charge is 0.242 e. The van der Waals surface area contributed by atoms with Gasteiger partial charge in [-0.1, -0.05) is 19.0 Å². The number of nitrogens with zero attached hydrogens (tertiary/aromatic N) is 2. The van der Waals surface area contributed by atoms with Crippen molar-refractivity contribution in [2.24, 2.45) is 11.7 Å². The highest BCUT2D eigenvalue weighted by atomic mass is 32.2. The van der Waals surface area contributed by atoms with E-state index in [-0.39, 0.29) is 10.8 Å². The lowest BCUT2D eigenvalue weighted by molar-refractivity contribution is 0.334. The van der Waals surface area contributed by atoms with E-state index in [4.69, 9.17) is 10.3 Å².